The Morgan fingerprint density at radius 3 is 2.80 bits per heavy atom. The molecule has 2 amide bonds. The summed E-state index contributed by atoms with van der Waals surface area (Å²) in [6, 6.07) is 4.92. The fourth-order valence-electron chi connectivity index (χ4n) is 1.60. The van der Waals surface area contributed by atoms with Crippen LogP contribution in [0.2, 0.25) is 0 Å². The summed E-state index contributed by atoms with van der Waals surface area (Å²) < 4.78 is 13.0. The van der Waals surface area contributed by atoms with E-state index in [0.717, 1.165) is 6.07 Å². The van der Waals surface area contributed by atoms with Crippen molar-refractivity contribution in [3.63, 3.8) is 0 Å². The molecule has 0 heterocycles. The van der Waals surface area contributed by atoms with Gasteiger partial charge in [-0.05, 0) is 30.0 Å². The highest BCUT2D eigenvalue weighted by Crippen LogP contribution is 2.19. The van der Waals surface area contributed by atoms with Gasteiger partial charge in [0.25, 0.3) is 0 Å². The van der Waals surface area contributed by atoms with Gasteiger partial charge in [-0.3, -0.25) is 0 Å². The Hall–Kier alpha value is -2.13. The topological polar surface area (TPSA) is 85.2 Å². The molecule has 1 aromatic carbocycles. The van der Waals surface area contributed by atoms with Gasteiger partial charge < -0.3 is 15.7 Å². The molecule has 0 aliphatic carbocycles. The van der Waals surface area contributed by atoms with Gasteiger partial charge in [-0.2, -0.15) is 5.26 Å². The molecule has 20 heavy (non-hydrogen) atoms. The average molecular weight is 279 g/mol. The van der Waals surface area contributed by atoms with Crippen LogP contribution in [0.1, 0.15) is 25.8 Å². The van der Waals surface area contributed by atoms with Crippen molar-refractivity contribution in [1.29, 1.82) is 5.26 Å². The molecule has 0 bridgehead atoms. The van der Waals surface area contributed by atoms with Crippen LogP contribution in [0.3, 0.4) is 0 Å². The van der Waals surface area contributed by atoms with Crippen LogP contribution >= 0.6 is 0 Å². The minimum absolute atomic E-state index is 0.0485. The molecule has 3 N–H and O–H groups in total. The number of hydrogen-bond donors (Lipinski definition) is 3. The molecule has 5 nitrogen and oxygen atoms in total. The number of rotatable bonds is 5. The van der Waals surface area contributed by atoms with Crippen LogP contribution in [0.15, 0.2) is 18.2 Å². The predicted octanol–water partition coefficient (Wildman–Crippen LogP) is 2.23. The van der Waals surface area contributed by atoms with E-state index < -0.39 is 11.8 Å². The molecule has 0 aliphatic rings. The zero-order chi connectivity index (χ0) is 15.2. The molecule has 1 rings (SSSR count). The Labute approximate surface area is 117 Å². The molecule has 0 radical (unpaired) electrons. The van der Waals surface area contributed by atoms with E-state index in [-0.39, 0.29) is 23.3 Å². The number of anilines is 1. The first-order valence-corrected chi connectivity index (χ1v) is 6.23. The maximum atomic E-state index is 13.0. The molecule has 0 saturated carbocycles. The quantitative estimate of drug-likeness (QED) is 0.772. The van der Waals surface area contributed by atoms with Gasteiger partial charge in [0.2, 0.25) is 0 Å². The summed E-state index contributed by atoms with van der Waals surface area (Å²) in [5.41, 5.74) is 0.0913. The monoisotopic (exact) mass is 279 g/mol. The summed E-state index contributed by atoms with van der Waals surface area (Å²) in [4.78, 5) is 11.7. The van der Waals surface area contributed by atoms with E-state index in [9.17, 15) is 9.18 Å². The Morgan fingerprint density at radius 1 is 1.50 bits per heavy atom. The third-order valence-corrected chi connectivity index (χ3v) is 2.87. The first-order valence-electron chi connectivity index (χ1n) is 6.23. The largest absolute Gasteiger partial charge is 0.396 e. The number of nitriles is 1. The number of nitrogens with one attached hydrogen (secondary N) is 2. The van der Waals surface area contributed by atoms with Crippen molar-refractivity contribution in [2.24, 2.45) is 5.41 Å². The Bertz CT molecular complexity index is 524. The fraction of sp³-hybridized carbons (Fsp3) is 0.429. The third kappa shape index (κ3) is 4.86. The summed E-state index contributed by atoms with van der Waals surface area (Å²) in [5, 5.41) is 22.9. The van der Waals surface area contributed by atoms with Crippen molar-refractivity contribution in [3.05, 3.63) is 29.6 Å². The fourth-order valence-corrected chi connectivity index (χ4v) is 1.60. The van der Waals surface area contributed by atoms with E-state index in [2.05, 4.69) is 10.6 Å². The number of urea groups is 1. The van der Waals surface area contributed by atoms with Crippen LogP contribution in [-0.4, -0.2) is 24.3 Å². The smallest absolute Gasteiger partial charge is 0.319 e. The van der Waals surface area contributed by atoms with E-state index in [1.807, 2.05) is 19.9 Å². The summed E-state index contributed by atoms with van der Waals surface area (Å²) in [6.45, 7) is 4.26. The lowest BCUT2D eigenvalue weighted by molar-refractivity contribution is 0.204. The van der Waals surface area contributed by atoms with Gasteiger partial charge in [0.1, 0.15) is 11.9 Å². The lowest BCUT2D eigenvalue weighted by Gasteiger charge is -2.23. The van der Waals surface area contributed by atoms with Crippen molar-refractivity contribution in [1.82, 2.24) is 5.32 Å². The molecular weight excluding hydrogens is 261 g/mol. The van der Waals surface area contributed by atoms with E-state index in [0.29, 0.717) is 13.0 Å². The number of amides is 2. The highest BCUT2D eigenvalue weighted by molar-refractivity contribution is 5.90. The molecule has 0 spiro atoms. The van der Waals surface area contributed by atoms with Crippen molar-refractivity contribution in [2.45, 2.75) is 20.3 Å². The summed E-state index contributed by atoms with van der Waals surface area (Å²) >= 11 is 0. The number of nitrogens with zero attached hydrogens (tertiary/aromatic N) is 1. The van der Waals surface area contributed by atoms with Gasteiger partial charge in [-0.1, -0.05) is 13.8 Å². The number of aliphatic hydroxyl groups excluding tert-OH is 1. The van der Waals surface area contributed by atoms with Crippen molar-refractivity contribution in [2.75, 3.05) is 18.5 Å². The van der Waals surface area contributed by atoms with E-state index in [4.69, 9.17) is 10.4 Å². The molecule has 108 valence electrons. The van der Waals surface area contributed by atoms with Crippen LogP contribution in [0.5, 0.6) is 0 Å². The second-order valence-electron chi connectivity index (χ2n) is 5.25. The van der Waals surface area contributed by atoms with Crippen LogP contribution < -0.4 is 10.6 Å². The number of aliphatic hydroxyl groups is 1. The molecular formula is C14H18FN3O2. The Kier molecular flexibility index (Phi) is 5.47. The summed E-state index contributed by atoms with van der Waals surface area (Å²) in [6.07, 6.45) is 0.563. The van der Waals surface area contributed by atoms with Crippen molar-refractivity contribution >= 4 is 11.7 Å². The standard InChI is InChI=1S/C14H18FN3O2/c1-14(2,5-6-19)9-17-13(20)18-12-4-3-11(15)7-10(12)8-16/h3-4,7,19H,5-6,9H2,1-2H3,(H2,17,18,20). The zero-order valence-electron chi connectivity index (χ0n) is 11.5. The Balaban J connectivity index is 2.62. The summed E-state index contributed by atoms with van der Waals surface area (Å²) in [7, 11) is 0. The van der Waals surface area contributed by atoms with Crippen molar-refractivity contribution in [3.8, 4) is 6.07 Å². The third-order valence-electron chi connectivity index (χ3n) is 2.87. The lowest BCUT2D eigenvalue weighted by atomic mass is 9.90. The molecule has 0 fully saturated rings. The van der Waals surface area contributed by atoms with Gasteiger partial charge in [0.05, 0.1) is 11.3 Å². The molecule has 6 heteroatoms. The second kappa shape index (κ2) is 6.87. The van der Waals surface area contributed by atoms with E-state index in [1.165, 1.54) is 12.1 Å². The van der Waals surface area contributed by atoms with Crippen LogP contribution in [0.4, 0.5) is 14.9 Å². The van der Waals surface area contributed by atoms with E-state index >= 15 is 0 Å². The Morgan fingerprint density at radius 2 is 2.20 bits per heavy atom. The first-order chi connectivity index (χ1) is 9.38. The lowest BCUT2D eigenvalue weighted by Crippen LogP contribution is -2.37. The number of carbonyl (C=O) groups is 1. The van der Waals surface area contributed by atoms with Gasteiger partial charge >= 0.3 is 6.03 Å². The maximum Gasteiger partial charge on any atom is 0.319 e. The highest BCUT2D eigenvalue weighted by atomic mass is 19.1. The van der Waals surface area contributed by atoms with Crippen LogP contribution in [0, 0.1) is 22.6 Å². The minimum Gasteiger partial charge on any atom is -0.396 e. The molecule has 0 unspecified atom stereocenters. The predicted molar refractivity (Wildman–Crippen MR) is 73.6 cm³/mol. The SMILES string of the molecule is CC(C)(CCO)CNC(=O)Nc1ccc(F)cc1C#N. The van der Waals surface area contributed by atoms with Crippen LogP contribution in [0.25, 0.3) is 0 Å². The van der Waals surface area contributed by atoms with Gasteiger partial charge in [0, 0.05) is 13.2 Å². The van der Waals surface area contributed by atoms with Gasteiger partial charge in [-0.25, -0.2) is 9.18 Å². The summed E-state index contributed by atoms with van der Waals surface area (Å²) in [5.74, 6) is -0.531. The number of halogens is 1. The first kappa shape index (κ1) is 15.9. The second-order valence-corrected chi connectivity index (χ2v) is 5.25. The van der Waals surface area contributed by atoms with Gasteiger partial charge in [0.15, 0.2) is 0 Å². The highest BCUT2D eigenvalue weighted by Gasteiger charge is 2.18. The zero-order valence-corrected chi connectivity index (χ0v) is 11.5. The maximum absolute atomic E-state index is 13.0. The molecule has 0 aromatic heterocycles. The number of benzene rings is 1. The molecule has 0 saturated heterocycles. The average Bonchev–Trinajstić information content (AvgIpc) is 2.38. The minimum atomic E-state index is -0.531. The molecule has 1 aromatic rings. The molecule has 0 atom stereocenters. The number of carbonyl (C=O) groups excluding carboxylic acids is 1. The normalized spacial score (nSPS) is 10.8. The van der Waals surface area contributed by atoms with Crippen molar-refractivity contribution < 1.29 is 14.3 Å². The van der Waals surface area contributed by atoms with E-state index in [1.54, 1.807) is 0 Å². The van der Waals surface area contributed by atoms with Gasteiger partial charge in [-0.15, -0.1) is 0 Å². The van der Waals surface area contributed by atoms with Crippen LogP contribution in [-0.2, 0) is 0 Å². The molecule has 0 aliphatic heterocycles. The number of hydrogen-bond acceptors (Lipinski definition) is 3.